The summed E-state index contributed by atoms with van der Waals surface area (Å²) in [6.07, 6.45) is 0. The molecule has 1 heterocycles. The number of methoxy groups -OCH3 is 3. The van der Waals surface area contributed by atoms with Crippen molar-refractivity contribution in [1.82, 2.24) is 4.37 Å². The van der Waals surface area contributed by atoms with E-state index in [4.69, 9.17) is 14.2 Å². The van der Waals surface area contributed by atoms with Crippen LogP contribution in [0.1, 0.15) is 0 Å². The molecular weight excluding hydrogens is 321 g/mol. The van der Waals surface area contributed by atoms with Crippen molar-refractivity contribution in [2.75, 3.05) is 21.3 Å². The monoisotopic (exact) mass is 339 g/mol. The lowest BCUT2D eigenvalue weighted by Gasteiger charge is -2.14. The molecule has 0 saturated heterocycles. The first-order valence-electron chi connectivity index (χ1n) is 7.49. The average Bonchev–Trinajstić information content (AvgIpc) is 3.10. The Hall–Kier alpha value is -2.47. The van der Waals surface area contributed by atoms with Crippen LogP contribution in [-0.4, -0.2) is 33.5 Å². The van der Waals surface area contributed by atoms with Crippen LogP contribution in [0.2, 0.25) is 0 Å². The van der Waals surface area contributed by atoms with Gasteiger partial charge in [0.25, 0.3) is 0 Å². The molecule has 3 aromatic rings. The predicted octanol–water partition coefficient (Wildman–Crippen LogP) is 2.76. The Kier molecular flexibility index (Phi) is 4.76. The summed E-state index contributed by atoms with van der Waals surface area (Å²) in [4.78, 5) is 0. The molecule has 6 heteroatoms. The third-order valence-corrected chi connectivity index (χ3v) is 4.52. The molecule has 0 bridgehead atoms. The zero-order chi connectivity index (χ0) is 17.1. The van der Waals surface area contributed by atoms with Gasteiger partial charge in [-0.3, -0.25) is 0 Å². The Morgan fingerprint density at radius 1 is 0.833 bits per heavy atom. The zero-order valence-corrected chi connectivity index (χ0v) is 14.9. The summed E-state index contributed by atoms with van der Waals surface area (Å²) in [5, 5.41) is 2.05. The van der Waals surface area contributed by atoms with E-state index in [0.29, 0.717) is 17.2 Å². The van der Waals surface area contributed by atoms with Crippen LogP contribution >= 0.6 is 11.5 Å². The molecule has 0 aliphatic carbocycles. The van der Waals surface area contributed by atoms with Crippen molar-refractivity contribution in [2.24, 2.45) is 0 Å². The van der Waals surface area contributed by atoms with Gasteiger partial charge in [-0.25, -0.2) is 0 Å². The second kappa shape index (κ2) is 6.97. The number of hydrogen-bond acceptors (Lipinski definition) is 5. The van der Waals surface area contributed by atoms with Gasteiger partial charge in [-0.1, -0.05) is 29.7 Å². The number of benzene rings is 2. The Morgan fingerprint density at radius 2 is 1.46 bits per heavy atom. The van der Waals surface area contributed by atoms with E-state index in [1.807, 2.05) is 12.1 Å². The quantitative estimate of drug-likeness (QED) is 0.671. The summed E-state index contributed by atoms with van der Waals surface area (Å²) in [6, 6.07) is 12.1. The van der Waals surface area contributed by atoms with Gasteiger partial charge in [-0.05, 0) is 23.2 Å². The second-order valence-electron chi connectivity index (χ2n) is 5.35. The fourth-order valence-corrected chi connectivity index (χ4v) is 3.29. The Labute approximate surface area is 146 Å². The minimum absolute atomic E-state index is 0.630. The van der Waals surface area contributed by atoms with Gasteiger partial charge in [0.05, 0.1) is 27.0 Å². The molecule has 0 atom stereocenters. The molecule has 0 radical (unpaired) electrons. The van der Waals surface area contributed by atoms with Crippen LogP contribution < -0.4 is 19.7 Å². The molecule has 2 aromatic carbocycles. The van der Waals surface area contributed by atoms with Crippen LogP contribution in [0.25, 0.3) is 22.4 Å². The third-order valence-electron chi connectivity index (χ3n) is 3.89. The zero-order valence-electron chi connectivity index (χ0n) is 14.1. The van der Waals surface area contributed by atoms with E-state index in [1.165, 1.54) is 17.0 Å². The standard InChI is InChI=1S/C18H18BNO3S/c1-21-15-9-17(23-3)16(22-2)8-13(15)18-14(10-24-20-18)11-4-6-12(19)7-5-11/h4-10H,19H2,1-3H3. The van der Waals surface area contributed by atoms with Crippen molar-refractivity contribution in [2.45, 2.75) is 0 Å². The van der Waals surface area contributed by atoms with Crippen molar-refractivity contribution < 1.29 is 14.2 Å². The van der Waals surface area contributed by atoms with Gasteiger partial charge in [-0.15, -0.1) is 0 Å². The molecule has 0 saturated carbocycles. The minimum atomic E-state index is 0.630. The van der Waals surface area contributed by atoms with Crippen molar-refractivity contribution in [3.05, 3.63) is 41.8 Å². The molecule has 0 unspecified atom stereocenters. The van der Waals surface area contributed by atoms with Gasteiger partial charge in [0.1, 0.15) is 13.6 Å². The van der Waals surface area contributed by atoms with Gasteiger partial charge in [0.2, 0.25) is 0 Å². The average molecular weight is 339 g/mol. The lowest BCUT2D eigenvalue weighted by Crippen LogP contribution is -1.99. The first-order chi connectivity index (χ1) is 11.7. The molecule has 24 heavy (non-hydrogen) atoms. The van der Waals surface area contributed by atoms with E-state index in [1.54, 1.807) is 21.3 Å². The van der Waals surface area contributed by atoms with Crippen molar-refractivity contribution in [3.8, 4) is 39.6 Å². The van der Waals surface area contributed by atoms with Crippen LogP contribution in [-0.2, 0) is 0 Å². The number of hydrogen-bond donors (Lipinski definition) is 0. The lowest BCUT2D eigenvalue weighted by molar-refractivity contribution is 0.349. The molecule has 4 nitrogen and oxygen atoms in total. The summed E-state index contributed by atoms with van der Waals surface area (Å²) in [6.45, 7) is 0. The predicted molar refractivity (Wildman–Crippen MR) is 101 cm³/mol. The Bertz CT molecular complexity index is 846. The molecule has 0 amide bonds. The van der Waals surface area contributed by atoms with Gasteiger partial charge in [-0.2, -0.15) is 4.37 Å². The van der Waals surface area contributed by atoms with Crippen LogP contribution in [0.3, 0.4) is 0 Å². The highest BCUT2D eigenvalue weighted by Crippen LogP contribution is 2.43. The Morgan fingerprint density at radius 3 is 2.08 bits per heavy atom. The van der Waals surface area contributed by atoms with Gasteiger partial charge in [0.15, 0.2) is 11.5 Å². The fourth-order valence-electron chi connectivity index (χ4n) is 2.58. The maximum Gasteiger partial charge on any atom is 0.164 e. The molecule has 0 N–H and O–H groups in total. The normalized spacial score (nSPS) is 10.5. The van der Waals surface area contributed by atoms with Gasteiger partial charge >= 0.3 is 0 Å². The fraction of sp³-hybridized carbons (Fsp3) is 0.167. The van der Waals surface area contributed by atoms with Crippen molar-refractivity contribution in [1.29, 1.82) is 0 Å². The van der Waals surface area contributed by atoms with Crippen LogP contribution in [0.5, 0.6) is 17.2 Å². The molecule has 0 spiro atoms. The molecule has 0 aliphatic heterocycles. The van der Waals surface area contributed by atoms with E-state index in [9.17, 15) is 0 Å². The maximum absolute atomic E-state index is 5.55. The summed E-state index contributed by atoms with van der Waals surface area (Å²) < 4.78 is 20.9. The highest BCUT2D eigenvalue weighted by molar-refractivity contribution is 7.04. The largest absolute Gasteiger partial charge is 0.496 e. The second-order valence-corrected chi connectivity index (χ2v) is 5.98. The molecule has 3 rings (SSSR count). The van der Waals surface area contributed by atoms with Gasteiger partial charge < -0.3 is 14.2 Å². The topological polar surface area (TPSA) is 40.6 Å². The molecule has 122 valence electrons. The molecule has 0 fully saturated rings. The summed E-state index contributed by atoms with van der Waals surface area (Å²) in [5.74, 6) is 1.98. The van der Waals surface area contributed by atoms with Gasteiger partial charge in [0, 0.05) is 22.6 Å². The third kappa shape index (κ3) is 2.97. The van der Waals surface area contributed by atoms with Crippen molar-refractivity contribution >= 4 is 24.8 Å². The van der Waals surface area contributed by atoms with E-state index in [2.05, 4.69) is 41.9 Å². The van der Waals surface area contributed by atoms with E-state index < -0.39 is 0 Å². The number of ether oxygens (including phenoxy) is 3. The Balaban J connectivity index is 2.16. The van der Waals surface area contributed by atoms with Crippen LogP contribution in [0.4, 0.5) is 0 Å². The summed E-state index contributed by atoms with van der Waals surface area (Å²) in [5.41, 5.74) is 5.19. The summed E-state index contributed by atoms with van der Waals surface area (Å²) in [7, 11) is 6.95. The van der Waals surface area contributed by atoms with E-state index in [-0.39, 0.29) is 0 Å². The van der Waals surface area contributed by atoms with Crippen molar-refractivity contribution in [3.63, 3.8) is 0 Å². The smallest absolute Gasteiger partial charge is 0.164 e. The van der Waals surface area contributed by atoms with E-state index >= 15 is 0 Å². The maximum atomic E-state index is 5.55. The minimum Gasteiger partial charge on any atom is -0.496 e. The first-order valence-corrected chi connectivity index (χ1v) is 8.33. The highest BCUT2D eigenvalue weighted by Gasteiger charge is 2.18. The van der Waals surface area contributed by atoms with Crippen LogP contribution in [0, 0.1) is 0 Å². The number of rotatable bonds is 5. The number of nitrogens with zero attached hydrogens (tertiary/aromatic N) is 1. The van der Waals surface area contributed by atoms with Crippen LogP contribution in [0.15, 0.2) is 41.8 Å². The van der Waals surface area contributed by atoms with E-state index in [0.717, 1.165) is 22.4 Å². The molecular formula is C18H18BNO3S. The first kappa shape index (κ1) is 16.4. The molecule has 0 aliphatic rings. The molecule has 1 aromatic heterocycles. The SMILES string of the molecule is Bc1ccc(-c2csnc2-c2cc(OC)c(OC)cc2OC)cc1. The summed E-state index contributed by atoms with van der Waals surface area (Å²) >= 11 is 1.43. The number of aromatic nitrogens is 1. The highest BCUT2D eigenvalue weighted by atomic mass is 32.1. The lowest BCUT2D eigenvalue weighted by atomic mass is 9.93.